The monoisotopic (exact) mass is 314 g/mol. The van der Waals surface area contributed by atoms with Crippen molar-refractivity contribution in [2.75, 3.05) is 25.2 Å². The summed E-state index contributed by atoms with van der Waals surface area (Å²) in [4.78, 5) is 0. The van der Waals surface area contributed by atoms with E-state index in [0.717, 1.165) is 5.33 Å². The van der Waals surface area contributed by atoms with Gasteiger partial charge in [-0.1, -0.05) is 22.9 Å². The highest BCUT2D eigenvalue weighted by atomic mass is 79.9. The van der Waals surface area contributed by atoms with Gasteiger partial charge in [0.05, 0.1) is 31.4 Å². The first-order valence-electron chi connectivity index (χ1n) is 5.40. The van der Waals surface area contributed by atoms with E-state index in [0.29, 0.717) is 31.6 Å². The summed E-state index contributed by atoms with van der Waals surface area (Å²) in [5.74, 6) is 0. The molecule has 0 aliphatic heterocycles. The number of alkyl halides is 1. The lowest BCUT2D eigenvalue weighted by molar-refractivity contribution is 0.221. The Labute approximate surface area is 106 Å². The minimum Gasteiger partial charge on any atom is -0.500 e. The summed E-state index contributed by atoms with van der Waals surface area (Å²) in [5.41, 5.74) is 0. The molecule has 0 N–H and O–H groups in total. The first-order valence-corrected chi connectivity index (χ1v) is 8.07. The molecular weight excluding hydrogens is 295 g/mol. The smallest absolute Gasteiger partial charge is 0.360 e. The molecule has 0 aromatic rings. The van der Waals surface area contributed by atoms with Gasteiger partial charge in [0.1, 0.15) is 0 Å². The molecule has 0 bridgehead atoms. The second-order valence-corrected chi connectivity index (χ2v) is 5.73. The number of hydrogen-bond acceptors (Lipinski definition) is 4. The highest BCUT2D eigenvalue weighted by Gasteiger charge is 2.28. The quantitative estimate of drug-likeness (QED) is 0.280. The van der Waals surface area contributed by atoms with Crippen LogP contribution in [0.15, 0.2) is 11.6 Å². The molecular formula is C10H20BrO4P. The third-order valence-corrected chi connectivity index (χ3v) is 4.37. The molecule has 0 atom stereocenters. The van der Waals surface area contributed by atoms with Crippen LogP contribution in [0.3, 0.4) is 0 Å². The van der Waals surface area contributed by atoms with Crippen molar-refractivity contribution in [1.82, 2.24) is 0 Å². The van der Waals surface area contributed by atoms with Gasteiger partial charge in [-0.15, -0.1) is 0 Å². The van der Waals surface area contributed by atoms with E-state index >= 15 is 0 Å². The van der Waals surface area contributed by atoms with Crippen LogP contribution in [0.1, 0.15) is 27.2 Å². The van der Waals surface area contributed by atoms with Crippen molar-refractivity contribution in [1.29, 1.82) is 0 Å². The minimum absolute atomic E-state index is 0.354. The molecule has 0 aromatic heterocycles. The molecule has 0 unspecified atom stereocenters. The summed E-state index contributed by atoms with van der Waals surface area (Å²) in [7, 11) is -3.15. The van der Waals surface area contributed by atoms with Crippen LogP contribution in [-0.4, -0.2) is 25.2 Å². The fraction of sp³-hybridized carbons (Fsp3) is 0.800. The van der Waals surface area contributed by atoms with E-state index in [4.69, 9.17) is 13.8 Å². The molecule has 0 saturated carbocycles. The van der Waals surface area contributed by atoms with Gasteiger partial charge in [-0.3, -0.25) is 4.57 Å². The molecule has 0 fully saturated rings. The summed E-state index contributed by atoms with van der Waals surface area (Å²) in [6.07, 6.45) is 2.08. The van der Waals surface area contributed by atoms with Gasteiger partial charge in [0.25, 0.3) is 0 Å². The van der Waals surface area contributed by atoms with Gasteiger partial charge in [-0.05, 0) is 20.3 Å². The molecule has 0 spiro atoms. The van der Waals surface area contributed by atoms with Crippen LogP contribution >= 0.6 is 23.5 Å². The van der Waals surface area contributed by atoms with E-state index in [9.17, 15) is 4.57 Å². The first kappa shape index (κ1) is 16.2. The lowest BCUT2D eigenvalue weighted by Gasteiger charge is -2.18. The van der Waals surface area contributed by atoms with Gasteiger partial charge in [0, 0.05) is 5.33 Å². The number of ether oxygens (including phenoxy) is 1. The molecule has 0 aliphatic rings. The van der Waals surface area contributed by atoms with Crippen LogP contribution in [-0.2, 0) is 18.3 Å². The van der Waals surface area contributed by atoms with Crippen LogP contribution in [0.5, 0.6) is 0 Å². The van der Waals surface area contributed by atoms with Crippen LogP contribution in [0, 0.1) is 0 Å². The molecule has 0 saturated heterocycles. The van der Waals surface area contributed by atoms with Crippen LogP contribution in [0.25, 0.3) is 0 Å². The molecule has 0 aliphatic carbocycles. The summed E-state index contributed by atoms with van der Waals surface area (Å²) in [5, 5.41) is 1.31. The topological polar surface area (TPSA) is 44.8 Å². The predicted octanol–water partition coefficient (Wildman–Crippen LogP) is 3.92. The molecule has 0 radical (unpaired) electrons. The zero-order valence-electron chi connectivity index (χ0n) is 10.1. The number of allylic oxidation sites excluding steroid dienone is 1. The summed E-state index contributed by atoms with van der Waals surface area (Å²) >= 11 is 3.25. The van der Waals surface area contributed by atoms with Gasteiger partial charge < -0.3 is 13.8 Å². The van der Waals surface area contributed by atoms with Crippen molar-refractivity contribution >= 4 is 23.5 Å². The Morgan fingerprint density at radius 3 is 2.19 bits per heavy atom. The van der Waals surface area contributed by atoms with E-state index < -0.39 is 7.60 Å². The van der Waals surface area contributed by atoms with Crippen molar-refractivity contribution in [3.63, 3.8) is 0 Å². The Morgan fingerprint density at radius 1 is 1.25 bits per heavy atom. The predicted molar refractivity (Wildman–Crippen MR) is 69.0 cm³/mol. The largest absolute Gasteiger partial charge is 0.500 e. The highest BCUT2D eigenvalue weighted by Crippen LogP contribution is 2.57. The fourth-order valence-electron chi connectivity index (χ4n) is 1.08. The number of rotatable bonds is 9. The number of hydrogen-bond donors (Lipinski definition) is 0. The minimum atomic E-state index is -3.15. The Hall–Kier alpha value is 0.170. The van der Waals surface area contributed by atoms with Gasteiger partial charge >= 0.3 is 7.60 Å². The SMILES string of the molecule is CCOP(=O)(OCC)C(=COCCBr)CC. The maximum Gasteiger partial charge on any atom is 0.360 e. The second-order valence-electron chi connectivity index (χ2n) is 2.86. The Balaban J connectivity index is 4.69. The average Bonchev–Trinajstić information content (AvgIpc) is 2.25. The van der Waals surface area contributed by atoms with Crippen molar-refractivity contribution in [3.05, 3.63) is 11.6 Å². The third kappa shape index (κ3) is 5.48. The molecule has 0 aromatic carbocycles. The van der Waals surface area contributed by atoms with Crippen molar-refractivity contribution in [3.8, 4) is 0 Å². The third-order valence-electron chi connectivity index (χ3n) is 1.73. The Kier molecular flexibility index (Phi) is 9.32. The highest BCUT2D eigenvalue weighted by molar-refractivity contribution is 9.09. The van der Waals surface area contributed by atoms with Gasteiger partial charge in [-0.2, -0.15) is 0 Å². The molecule has 4 nitrogen and oxygen atoms in total. The molecule has 0 heterocycles. The molecule has 0 amide bonds. The molecule has 96 valence electrons. The van der Waals surface area contributed by atoms with E-state index in [1.54, 1.807) is 13.8 Å². The maximum atomic E-state index is 12.3. The van der Waals surface area contributed by atoms with Gasteiger partial charge in [0.15, 0.2) is 0 Å². The van der Waals surface area contributed by atoms with Crippen LogP contribution in [0.4, 0.5) is 0 Å². The van der Waals surface area contributed by atoms with E-state index in [2.05, 4.69) is 15.9 Å². The maximum absolute atomic E-state index is 12.3. The molecule has 16 heavy (non-hydrogen) atoms. The van der Waals surface area contributed by atoms with E-state index in [-0.39, 0.29) is 0 Å². The lowest BCUT2D eigenvalue weighted by atomic mass is 10.5. The second kappa shape index (κ2) is 9.23. The average molecular weight is 315 g/mol. The first-order chi connectivity index (χ1) is 7.64. The van der Waals surface area contributed by atoms with Crippen LogP contribution < -0.4 is 0 Å². The molecule has 0 rings (SSSR count). The van der Waals surface area contributed by atoms with Crippen molar-refractivity contribution in [2.24, 2.45) is 0 Å². The van der Waals surface area contributed by atoms with Crippen LogP contribution in [0.2, 0.25) is 0 Å². The summed E-state index contributed by atoms with van der Waals surface area (Å²) in [6, 6.07) is 0. The van der Waals surface area contributed by atoms with E-state index in [1.807, 2.05) is 6.92 Å². The Bertz CT molecular complexity index is 245. The number of halogens is 1. The summed E-state index contributed by atoms with van der Waals surface area (Å²) in [6.45, 7) is 6.71. The van der Waals surface area contributed by atoms with E-state index in [1.165, 1.54) is 6.26 Å². The summed E-state index contributed by atoms with van der Waals surface area (Å²) < 4.78 is 28.0. The lowest BCUT2D eigenvalue weighted by Crippen LogP contribution is -2.00. The zero-order chi connectivity index (χ0) is 12.4. The fourth-order valence-corrected chi connectivity index (χ4v) is 2.95. The van der Waals surface area contributed by atoms with Gasteiger partial charge in [-0.25, -0.2) is 0 Å². The normalized spacial score (nSPS) is 12.9. The van der Waals surface area contributed by atoms with Gasteiger partial charge in [0.2, 0.25) is 0 Å². The molecule has 6 heteroatoms. The van der Waals surface area contributed by atoms with Crippen molar-refractivity contribution in [2.45, 2.75) is 27.2 Å². The standard InChI is InChI=1S/C10H20BrO4P/c1-4-10(9-13-8-7-11)16(12,14-5-2)15-6-3/h9H,4-8H2,1-3H3. The zero-order valence-corrected chi connectivity index (χ0v) is 12.6. The van der Waals surface area contributed by atoms with Crippen molar-refractivity contribution < 1.29 is 18.3 Å². The Morgan fingerprint density at radius 2 is 1.81 bits per heavy atom.